The van der Waals surface area contributed by atoms with Crippen LogP contribution in [0.1, 0.15) is 28.9 Å². The molecule has 3 aromatic rings. The molecule has 5 nitrogen and oxygen atoms in total. The number of aryl methyl sites for hydroxylation is 2. The van der Waals surface area contributed by atoms with E-state index in [1.54, 1.807) is 11.8 Å². The van der Waals surface area contributed by atoms with Crippen molar-refractivity contribution in [1.82, 2.24) is 9.97 Å². The van der Waals surface area contributed by atoms with Crippen molar-refractivity contribution in [3.05, 3.63) is 71.2 Å². The third-order valence-corrected chi connectivity index (χ3v) is 7.51. The van der Waals surface area contributed by atoms with E-state index in [0.29, 0.717) is 6.54 Å². The summed E-state index contributed by atoms with van der Waals surface area (Å²) in [5.41, 5.74) is 6.22. The largest absolute Gasteiger partial charge is 0.378 e. The number of terminal acetylenes is 1. The van der Waals surface area contributed by atoms with Crippen LogP contribution in [0.25, 0.3) is 0 Å². The Kier molecular flexibility index (Phi) is 7.03. The normalized spacial score (nSPS) is 15.6. The van der Waals surface area contributed by atoms with Crippen LogP contribution in [0.5, 0.6) is 0 Å². The van der Waals surface area contributed by atoms with Gasteiger partial charge in [-0.2, -0.15) is 0 Å². The maximum atomic E-state index is 5.56. The number of aromatic nitrogens is 2. The van der Waals surface area contributed by atoms with Crippen LogP contribution in [0.4, 0.5) is 11.4 Å². The monoisotopic (exact) mass is 470 g/mol. The highest BCUT2D eigenvalue weighted by Gasteiger charge is 2.17. The van der Waals surface area contributed by atoms with E-state index in [1.807, 2.05) is 6.20 Å². The molecule has 1 fully saturated rings. The predicted octanol–water partition coefficient (Wildman–Crippen LogP) is 4.75. The molecular formula is C28H30N4OS. The second kappa shape index (κ2) is 10.5. The van der Waals surface area contributed by atoms with E-state index < -0.39 is 0 Å². The van der Waals surface area contributed by atoms with Crippen molar-refractivity contribution in [3.8, 4) is 12.3 Å². The van der Waals surface area contributed by atoms with Crippen molar-refractivity contribution in [2.75, 3.05) is 49.2 Å². The molecule has 0 atom stereocenters. The lowest BCUT2D eigenvalue weighted by atomic mass is 10.0. The van der Waals surface area contributed by atoms with Crippen molar-refractivity contribution in [2.24, 2.45) is 0 Å². The number of rotatable bonds is 6. The molecule has 0 unspecified atom stereocenters. The van der Waals surface area contributed by atoms with Gasteiger partial charge in [-0.3, -0.25) is 0 Å². The molecule has 2 aliphatic rings. The van der Waals surface area contributed by atoms with Crippen molar-refractivity contribution in [2.45, 2.75) is 36.1 Å². The average molecular weight is 471 g/mol. The first-order valence-electron chi connectivity index (χ1n) is 11.9. The minimum atomic E-state index is 0.668. The number of ether oxygens (including phenoxy) is 1. The first-order chi connectivity index (χ1) is 16.7. The van der Waals surface area contributed by atoms with Crippen molar-refractivity contribution >= 4 is 23.1 Å². The second-order valence-corrected chi connectivity index (χ2v) is 9.90. The number of fused-ring (bicyclic) bond motifs is 1. The number of hydrogen-bond acceptors (Lipinski definition) is 6. The number of nitrogens with zero attached hydrogens (tertiary/aromatic N) is 4. The molecule has 0 amide bonds. The number of anilines is 2. The third kappa shape index (κ3) is 5.22. The number of benzene rings is 2. The van der Waals surface area contributed by atoms with Crippen LogP contribution in [0.15, 0.2) is 58.6 Å². The summed E-state index contributed by atoms with van der Waals surface area (Å²) in [5.74, 6) is 3.63. The van der Waals surface area contributed by atoms with E-state index in [4.69, 9.17) is 16.1 Å². The van der Waals surface area contributed by atoms with Gasteiger partial charge < -0.3 is 14.5 Å². The molecule has 0 spiro atoms. The summed E-state index contributed by atoms with van der Waals surface area (Å²) >= 11 is 1.72. The van der Waals surface area contributed by atoms with E-state index in [9.17, 15) is 0 Å². The van der Waals surface area contributed by atoms with Gasteiger partial charge >= 0.3 is 0 Å². The van der Waals surface area contributed by atoms with Crippen LogP contribution in [0.3, 0.4) is 0 Å². The molecule has 0 radical (unpaired) electrons. The summed E-state index contributed by atoms with van der Waals surface area (Å²) in [6.07, 6.45) is 10.5. The van der Waals surface area contributed by atoms with Gasteiger partial charge in [-0.05, 0) is 66.8 Å². The molecule has 34 heavy (non-hydrogen) atoms. The zero-order chi connectivity index (χ0) is 23.3. The fourth-order valence-corrected chi connectivity index (χ4v) is 5.50. The Balaban J connectivity index is 1.29. The fraction of sp³-hybridized carbons (Fsp3) is 0.357. The van der Waals surface area contributed by atoms with E-state index >= 15 is 0 Å². The van der Waals surface area contributed by atoms with E-state index in [-0.39, 0.29) is 0 Å². The molecule has 1 saturated heterocycles. The number of morpholine rings is 1. The van der Waals surface area contributed by atoms with Crippen LogP contribution in [0.2, 0.25) is 0 Å². The van der Waals surface area contributed by atoms with Gasteiger partial charge in [-0.1, -0.05) is 29.8 Å². The van der Waals surface area contributed by atoms with E-state index in [2.05, 4.69) is 70.1 Å². The summed E-state index contributed by atoms with van der Waals surface area (Å²) in [7, 11) is 0. The highest BCUT2D eigenvalue weighted by molar-refractivity contribution is 7.99. The average Bonchev–Trinajstić information content (AvgIpc) is 2.87. The molecule has 0 aliphatic carbocycles. The first-order valence-corrected chi connectivity index (χ1v) is 12.7. The van der Waals surface area contributed by atoms with Crippen LogP contribution in [0, 0.1) is 19.3 Å². The second-order valence-electron chi connectivity index (χ2n) is 8.84. The fourth-order valence-electron chi connectivity index (χ4n) is 4.58. The molecule has 0 saturated carbocycles. The molecule has 3 heterocycles. The molecule has 174 valence electrons. The van der Waals surface area contributed by atoms with Crippen LogP contribution in [-0.2, 0) is 17.6 Å². The highest BCUT2D eigenvalue weighted by atomic mass is 32.2. The highest BCUT2D eigenvalue weighted by Crippen LogP contribution is 2.34. The Hall–Kier alpha value is -3.01. The molecule has 6 heteroatoms. The molecule has 0 N–H and O–H groups in total. The predicted molar refractivity (Wildman–Crippen MR) is 139 cm³/mol. The van der Waals surface area contributed by atoms with Crippen LogP contribution in [-0.4, -0.2) is 49.4 Å². The first kappa shape index (κ1) is 22.8. The Morgan fingerprint density at radius 3 is 2.71 bits per heavy atom. The Labute approximate surface area is 206 Å². The minimum Gasteiger partial charge on any atom is -0.378 e. The molecule has 1 aromatic heterocycles. The van der Waals surface area contributed by atoms with Crippen molar-refractivity contribution < 1.29 is 4.74 Å². The summed E-state index contributed by atoms with van der Waals surface area (Å²) in [6.45, 7) is 7.28. The molecule has 2 aliphatic heterocycles. The zero-order valence-electron chi connectivity index (χ0n) is 19.7. The molecular weight excluding hydrogens is 440 g/mol. The van der Waals surface area contributed by atoms with Crippen LogP contribution >= 0.6 is 11.8 Å². The Morgan fingerprint density at radius 2 is 1.91 bits per heavy atom. The Bertz CT molecular complexity index is 1180. The standard InChI is InChI=1S/C28H30N4OS/c1-3-12-32-13-4-5-23-19-25(10-11-26(23)32)34-28-21(2)20-29-27(30-28)18-22-6-8-24(9-7-22)31-14-16-33-17-15-31/h1,6-11,19-20H,4-5,12-18H2,2H3. The van der Waals surface area contributed by atoms with Gasteiger partial charge in [-0.25, -0.2) is 9.97 Å². The van der Waals surface area contributed by atoms with E-state index in [1.165, 1.54) is 27.4 Å². The van der Waals surface area contributed by atoms with Gasteiger partial charge in [0.25, 0.3) is 0 Å². The molecule has 5 rings (SSSR count). The minimum absolute atomic E-state index is 0.668. The van der Waals surface area contributed by atoms with E-state index in [0.717, 1.165) is 68.5 Å². The number of hydrogen-bond donors (Lipinski definition) is 0. The zero-order valence-corrected chi connectivity index (χ0v) is 20.5. The van der Waals surface area contributed by atoms with Gasteiger partial charge in [0.2, 0.25) is 0 Å². The summed E-state index contributed by atoms with van der Waals surface area (Å²) < 4.78 is 5.46. The van der Waals surface area contributed by atoms with Gasteiger partial charge in [0, 0.05) is 48.5 Å². The summed E-state index contributed by atoms with van der Waals surface area (Å²) in [5, 5.41) is 1.02. The molecule has 0 bridgehead atoms. The van der Waals surface area contributed by atoms with Gasteiger partial charge in [0.1, 0.15) is 10.9 Å². The van der Waals surface area contributed by atoms with Crippen LogP contribution < -0.4 is 9.80 Å². The lowest BCUT2D eigenvalue weighted by molar-refractivity contribution is 0.122. The van der Waals surface area contributed by atoms with Gasteiger partial charge in [0.05, 0.1) is 19.8 Å². The topological polar surface area (TPSA) is 41.5 Å². The van der Waals surface area contributed by atoms with Crippen molar-refractivity contribution in [3.63, 3.8) is 0 Å². The lowest BCUT2D eigenvalue weighted by Gasteiger charge is -2.30. The SMILES string of the molecule is C#CCN1CCCc2cc(Sc3nc(Cc4ccc(N5CCOCC5)cc4)ncc3C)ccc21. The van der Waals surface area contributed by atoms with Crippen molar-refractivity contribution in [1.29, 1.82) is 0 Å². The smallest absolute Gasteiger partial charge is 0.133 e. The molecule has 2 aromatic carbocycles. The maximum absolute atomic E-state index is 5.56. The quantitative estimate of drug-likeness (QED) is 0.383. The lowest BCUT2D eigenvalue weighted by Crippen LogP contribution is -2.36. The van der Waals surface area contributed by atoms with Gasteiger partial charge in [0.15, 0.2) is 0 Å². The summed E-state index contributed by atoms with van der Waals surface area (Å²) in [6, 6.07) is 15.5. The maximum Gasteiger partial charge on any atom is 0.133 e. The van der Waals surface area contributed by atoms with Gasteiger partial charge in [-0.15, -0.1) is 6.42 Å². The third-order valence-electron chi connectivity index (χ3n) is 6.41. The summed E-state index contributed by atoms with van der Waals surface area (Å²) in [4.78, 5) is 15.4. The Morgan fingerprint density at radius 1 is 1.09 bits per heavy atom.